The minimum absolute atomic E-state index is 0.109. The second-order valence-corrected chi connectivity index (χ2v) is 11.6. The molecule has 0 amide bonds. The fraction of sp³-hybridized carbons (Fsp3) is 0.233. The first-order valence-electron chi connectivity index (χ1n) is 12.0. The molecule has 7 heteroatoms. The first-order chi connectivity index (χ1) is 17.5. The summed E-state index contributed by atoms with van der Waals surface area (Å²) < 4.78 is 27.6. The molecule has 0 atom stereocenters. The van der Waals surface area contributed by atoms with Crippen molar-refractivity contribution < 1.29 is 17.7 Å². The monoisotopic (exact) mass is 535 g/mol. The molecule has 0 unspecified atom stereocenters. The zero-order chi connectivity index (χ0) is 26.6. The average molecular weight is 536 g/mol. The second kappa shape index (κ2) is 11.2. The van der Waals surface area contributed by atoms with Crippen molar-refractivity contribution in [3.8, 4) is 11.1 Å². The minimum Gasteiger partial charge on any atom is -0.386 e. The number of aryl methyl sites for hydroxylation is 1. The van der Waals surface area contributed by atoms with Crippen LogP contribution >= 0.6 is 11.6 Å². The molecular formula is C30H30ClNO4S. The molecule has 37 heavy (non-hydrogen) atoms. The van der Waals surface area contributed by atoms with Crippen LogP contribution in [0.15, 0.2) is 72.8 Å². The molecule has 192 valence electrons. The zero-order valence-corrected chi connectivity index (χ0v) is 22.7. The van der Waals surface area contributed by atoms with Crippen molar-refractivity contribution in [2.45, 2.75) is 32.3 Å². The van der Waals surface area contributed by atoms with Crippen LogP contribution in [0.1, 0.15) is 42.7 Å². The van der Waals surface area contributed by atoms with Gasteiger partial charge in [0.25, 0.3) is 10.1 Å². The Labute approximate surface area is 223 Å². The summed E-state index contributed by atoms with van der Waals surface area (Å²) in [6.45, 7) is 3.64. The number of aliphatic hydroxyl groups is 1. The lowest BCUT2D eigenvalue weighted by Crippen LogP contribution is -2.18. The molecule has 0 spiro atoms. The van der Waals surface area contributed by atoms with E-state index in [2.05, 4.69) is 6.07 Å². The SMILES string of the molecule is CC(C)(O)c1cccc(CCCOS(C)(=O)=O)c1-c1cccc(C=Cc2ccc3ccc(Cl)cc3n2)c1. The Morgan fingerprint density at radius 2 is 1.76 bits per heavy atom. The Morgan fingerprint density at radius 3 is 2.51 bits per heavy atom. The van der Waals surface area contributed by atoms with E-state index in [1.807, 2.05) is 78.9 Å². The van der Waals surface area contributed by atoms with Gasteiger partial charge in [0.1, 0.15) is 0 Å². The van der Waals surface area contributed by atoms with Gasteiger partial charge >= 0.3 is 0 Å². The topological polar surface area (TPSA) is 76.5 Å². The molecule has 0 fully saturated rings. The highest BCUT2D eigenvalue weighted by Gasteiger charge is 2.23. The first kappa shape index (κ1) is 27.0. The number of benzene rings is 3. The van der Waals surface area contributed by atoms with Crippen LogP contribution in [0.4, 0.5) is 0 Å². The van der Waals surface area contributed by atoms with E-state index < -0.39 is 15.7 Å². The van der Waals surface area contributed by atoms with Gasteiger partial charge < -0.3 is 5.11 Å². The lowest BCUT2D eigenvalue weighted by molar-refractivity contribution is 0.0791. The fourth-order valence-electron chi connectivity index (χ4n) is 4.31. The van der Waals surface area contributed by atoms with Crippen molar-refractivity contribution in [3.63, 3.8) is 0 Å². The van der Waals surface area contributed by atoms with E-state index in [9.17, 15) is 13.5 Å². The van der Waals surface area contributed by atoms with Crippen LogP contribution in [-0.4, -0.2) is 31.4 Å². The van der Waals surface area contributed by atoms with Crippen molar-refractivity contribution in [1.29, 1.82) is 0 Å². The third kappa shape index (κ3) is 7.27. The van der Waals surface area contributed by atoms with Gasteiger partial charge in [0.05, 0.1) is 29.7 Å². The predicted octanol–water partition coefficient (Wildman–Crippen LogP) is 6.86. The van der Waals surface area contributed by atoms with Gasteiger partial charge in [-0.05, 0) is 84.8 Å². The lowest BCUT2D eigenvalue weighted by atomic mass is 9.85. The number of aromatic nitrogens is 1. The highest BCUT2D eigenvalue weighted by atomic mass is 35.5. The third-order valence-electron chi connectivity index (χ3n) is 6.00. The Balaban J connectivity index is 1.65. The molecule has 5 nitrogen and oxygen atoms in total. The molecule has 4 rings (SSSR count). The smallest absolute Gasteiger partial charge is 0.264 e. The minimum atomic E-state index is -3.48. The maximum atomic E-state index is 11.3. The third-order valence-corrected chi connectivity index (χ3v) is 6.83. The van der Waals surface area contributed by atoms with Crippen LogP contribution in [-0.2, 0) is 26.3 Å². The van der Waals surface area contributed by atoms with Crippen molar-refractivity contribution in [3.05, 3.63) is 100 Å². The summed E-state index contributed by atoms with van der Waals surface area (Å²) >= 11 is 6.13. The van der Waals surface area contributed by atoms with E-state index in [-0.39, 0.29) is 6.61 Å². The number of nitrogens with zero attached hydrogens (tertiary/aromatic N) is 1. The Hall–Kier alpha value is -3.03. The molecule has 0 aliphatic heterocycles. The maximum absolute atomic E-state index is 11.3. The van der Waals surface area contributed by atoms with Gasteiger partial charge in [-0.3, -0.25) is 4.18 Å². The summed E-state index contributed by atoms with van der Waals surface area (Å²) in [4.78, 5) is 4.69. The molecule has 0 radical (unpaired) electrons. The Kier molecular flexibility index (Phi) is 8.14. The van der Waals surface area contributed by atoms with Gasteiger partial charge in [-0.2, -0.15) is 8.42 Å². The van der Waals surface area contributed by atoms with E-state index in [0.717, 1.165) is 50.7 Å². The van der Waals surface area contributed by atoms with Crippen LogP contribution in [0, 0.1) is 0 Å². The van der Waals surface area contributed by atoms with Gasteiger partial charge in [-0.25, -0.2) is 4.98 Å². The molecule has 1 heterocycles. The molecule has 1 aromatic heterocycles. The standard InChI is InChI=1S/C30H30ClNO4S/c1-30(2,33)27-11-5-8-23(10-6-18-36-37(3,34)35)29(27)24-9-4-7-21(19-24)12-16-26-17-14-22-13-15-25(31)20-28(22)32-26/h4-5,7-9,11-17,19-20,33H,6,10,18H2,1-3H3. The lowest BCUT2D eigenvalue weighted by Gasteiger charge is -2.24. The normalized spacial score (nSPS) is 12.5. The van der Waals surface area contributed by atoms with Crippen molar-refractivity contribution >= 4 is 44.8 Å². The number of hydrogen-bond donors (Lipinski definition) is 1. The van der Waals surface area contributed by atoms with Gasteiger partial charge in [0.2, 0.25) is 0 Å². The highest BCUT2D eigenvalue weighted by Crippen LogP contribution is 2.36. The number of hydrogen-bond acceptors (Lipinski definition) is 5. The number of fused-ring (bicyclic) bond motifs is 1. The van der Waals surface area contributed by atoms with Crippen LogP contribution in [0.5, 0.6) is 0 Å². The van der Waals surface area contributed by atoms with E-state index in [1.54, 1.807) is 13.8 Å². The van der Waals surface area contributed by atoms with Gasteiger partial charge in [-0.1, -0.05) is 66.2 Å². The molecule has 4 aromatic rings. The van der Waals surface area contributed by atoms with Crippen molar-refractivity contribution in [2.24, 2.45) is 0 Å². The van der Waals surface area contributed by atoms with E-state index >= 15 is 0 Å². The molecule has 3 aromatic carbocycles. The molecule has 0 bridgehead atoms. The molecule has 0 aliphatic rings. The zero-order valence-electron chi connectivity index (χ0n) is 21.1. The first-order valence-corrected chi connectivity index (χ1v) is 14.2. The quantitative estimate of drug-likeness (QED) is 0.187. The second-order valence-electron chi connectivity index (χ2n) is 9.56. The molecule has 0 saturated carbocycles. The van der Waals surface area contributed by atoms with Gasteiger partial charge in [0.15, 0.2) is 0 Å². The van der Waals surface area contributed by atoms with E-state index in [4.69, 9.17) is 20.8 Å². The summed E-state index contributed by atoms with van der Waals surface area (Å²) in [7, 11) is -3.48. The summed E-state index contributed by atoms with van der Waals surface area (Å²) in [6, 6.07) is 23.6. The van der Waals surface area contributed by atoms with Crippen LogP contribution in [0.2, 0.25) is 5.02 Å². The summed E-state index contributed by atoms with van der Waals surface area (Å²) in [5.41, 5.74) is 5.34. The molecular weight excluding hydrogens is 506 g/mol. The number of pyridine rings is 1. The fourth-order valence-corrected chi connectivity index (χ4v) is 4.90. The average Bonchev–Trinajstić information content (AvgIpc) is 2.84. The highest BCUT2D eigenvalue weighted by molar-refractivity contribution is 7.85. The predicted molar refractivity (Wildman–Crippen MR) is 152 cm³/mol. The Morgan fingerprint density at radius 1 is 1.00 bits per heavy atom. The molecule has 0 saturated heterocycles. The van der Waals surface area contributed by atoms with Gasteiger partial charge in [0, 0.05) is 10.4 Å². The summed E-state index contributed by atoms with van der Waals surface area (Å²) in [5, 5.41) is 12.6. The van der Waals surface area contributed by atoms with E-state index in [0.29, 0.717) is 17.9 Å². The summed E-state index contributed by atoms with van der Waals surface area (Å²) in [6.07, 6.45) is 6.17. The van der Waals surface area contributed by atoms with Crippen molar-refractivity contribution in [2.75, 3.05) is 12.9 Å². The summed E-state index contributed by atoms with van der Waals surface area (Å²) in [5.74, 6) is 0. The van der Waals surface area contributed by atoms with Crippen LogP contribution in [0.3, 0.4) is 0 Å². The van der Waals surface area contributed by atoms with Gasteiger partial charge in [-0.15, -0.1) is 0 Å². The largest absolute Gasteiger partial charge is 0.386 e. The number of halogens is 1. The van der Waals surface area contributed by atoms with E-state index in [1.165, 1.54) is 0 Å². The molecule has 0 aliphatic carbocycles. The molecule has 1 N–H and O–H groups in total. The van der Waals surface area contributed by atoms with Crippen LogP contribution in [0.25, 0.3) is 34.2 Å². The maximum Gasteiger partial charge on any atom is 0.264 e. The Bertz CT molecular complexity index is 1560. The van der Waals surface area contributed by atoms with Crippen molar-refractivity contribution in [1.82, 2.24) is 4.98 Å². The number of rotatable bonds is 9. The van der Waals surface area contributed by atoms with Crippen LogP contribution < -0.4 is 0 Å².